The quantitative estimate of drug-likeness (QED) is 0.624. The number of likely N-dealkylation sites (tertiary alicyclic amines) is 1. The van der Waals surface area contributed by atoms with Gasteiger partial charge in [-0.25, -0.2) is 4.79 Å². The summed E-state index contributed by atoms with van der Waals surface area (Å²) in [6, 6.07) is -0.0200. The van der Waals surface area contributed by atoms with Gasteiger partial charge in [-0.2, -0.15) is 0 Å². The first kappa shape index (κ1) is 15.8. The van der Waals surface area contributed by atoms with E-state index >= 15 is 0 Å². The Morgan fingerprint density at radius 1 is 1.26 bits per heavy atom. The second-order valence-electron chi connectivity index (χ2n) is 5.23. The molecule has 0 aliphatic carbocycles. The Hall–Kier alpha value is -1.30. The van der Waals surface area contributed by atoms with Gasteiger partial charge in [0.25, 0.3) is 0 Å². The Bertz CT molecular complexity index is 301. The first-order valence-electron chi connectivity index (χ1n) is 7.11. The van der Waals surface area contributed by atoms with Crippen molar-refractivity contribution in [2.24, 2.45) is 17.4 Å². The summed E-state index contributed by atoms with van der Waals surface area (Å²) in [4.78, 5) is 24.2. The fourth-order valence-electron chi connectivity index (χ4n) is 2.75. The van der Waals surface area contributed by atoms with Crippen LogP contribution in [0, 0.1) is 5.92 Å². The molecule has 1 aliphatic rings. The van der Waals surface area contributed by atoms with Crippen molar-refractivity contribution in [2.75, 3.05) is 19.6 Å². The van der Waals surface area contributed by atoms with Gasteiger partial charge in [-0.05, 0) is 38.8 Å². The molecule has 0 spiro atoms. The molecule has 1 unspecified atom stereocenters. The van der Waals surface area contributed by atoms with Crippen LogP contribution in [0.3, 0.4) is 0 Å². The van der Waals surface area contributed by atoms with Crippen molar-refractivity contribution in [3.63, 3.8) is 0 Å². The minimum Gasteiger partial charge on any atom is -0.369 e. The number of carbonyl (C=O) groups excluding carboxylic acids is 2. The van der Waals surface area contributed by atoms with Gasteiger partial charge >= 0.3 is 6.03 Å². The summed E-state index contributed by atoms with van der Waals surface area (Å²) in [5.41, 5.74) is 10.4. The average Bonchev–Trinajstić information content (AvgIpc) is 2.37. The molecule has 1 rings (SSSR count). The summed E-state index contributed by atoms with van der Waals surface area (Å²) in [6.45, 7) is 4.59. The van der Waals surface area contributed by atoms with Gasteiger partial charge in [0.15, 0.2) is 0 Å². The zero-order valence-electron chi connectivity index (χ0n) is 11.7. The number of piperidine rings is 1. The van der Waals surface area contributed by atoms with Gasteiger partial charge in [0.2, 0.25) is 5.91 Å². The van der Waals surface area contributed by atoms with E-state index in [1.54, 1.807) is 0 Å². The molecule has 1 fully saturated rings. The molecule has 19 heavy (non-hydrogen) atoms. The van der Waals surface area contributed by atoms with Crippen LogP contribution >= 0.6 is 0 Å². The highest BCUT2D eigenvalue weighted by Gasteiger charge is 2.26. The molecule has 6 nitrogen and oxygen atoms in total. The predicted molar refractivity (Wildman–Crippen MR) is 74.4 cm³/mol. The molecule has 110 valence electrons. The van der Waals surface area contributed by atoms with Gasteiger partial charge in [-0.3, -0.25) is 4.79 Å². The van der Waals surface area contributed by atoms with Crippen molar-refractivity contribution >= 4 is 11.9 Å². The van der Waals surface area contributed by atoms with Gasteiger partial charge in [0.1, 0.15) is 0 Å². The lowest BCUT2D eigenvalue weighted by atomic mass is 9.94. The van der Waals surface area contributed by atoms with E-state index in [0.717, 1.165) is 45.2 Å². The van der Waals surface area contributed by atoms with Crippen LogP contribution in [0.1, 0.15) is 39.0 Å². The van der Waals surface area contributed by atoms with Crippen molar-refractivity contribution in [3.8, 4) is 0 Å². The van der Waals surface area contributed by atoms with Gasteiger partial charge in [-0.15, -0.1) is 0 Å². The third-order valence-electron chi connectivity index (χ3n) is 3.85. The number of nitrogens with two attached hydrogens (primary N) is 2. The van der Waals surface area contributed by atoms with E-state index < -0.39 is 6.03 Å². The van der Waals surface area contributed by atoms with Crippen molar-refractivity contribution in [3.05, 3.63) is 0 Å². The molecule has 1 heterocycles. The largest absolute Gasteiger partial charge is 0.369 e. The number of hydrogen-bond acceptors (Lipinski definition) is 3. The smallest absolute Gasteiger partial charge is 0.312 e. The van der Waals surface area contributed by atoms with Crippen LogP contribution in [0.2, 0.25) is 0 Å². The van der Waals surface area contributed by atoms with Crippen LogP contribution in [-0.2, 0) is 4.79 Å². The number of primary amides is 2. The molecule has 3 amide bonds. The van der Waals surface area contributed by atoms with E-state index in [1.165, 1.54) is 0 Å². The fourth-order valence-corrected chi connectivity index (χ4v) is 2.75. The molecule has 0 bridgehead atoms. The average molecular weight is 270 g/mol. The lowest BCUT2D eigenvalue weighted by Gasteiger charge is -2.37. The standard InChI is InChI=1S/C13H26N4O2/c1-2-3-11(4-7-16-13(15)19)17-8-5-10(6-9-17)12(14)18/h10-11H,2-9H2,1H3,(H2,14,18)(H3,15,16,19). The minimum absolute atomic E-state index is 0.0299. The number of carbonyl (C=O) groups is 2. The summed E-state index contributed by atoms with van der Waals surface area (Å²) < 4.78 is 0. The minimum atomic E-state index is -0.470. The highest BCUT2D eigenvalue weighted by molar-refractivity contribution is 5.76. The van der Waals surface area contributed by atoms with E-state index in [-0.39, 0.29) is 11.8 Å². The van der Waals surface area contributed by atoms with E-state index in [2.05, 4.69) is 17.1 Å². The summed E-state index contributed by atoms with van der Waals surface area (Å²) in [6.07, 6.45) is 4.80. The molecule has 0 saturated carbocycles. The van der Waals surface area contributed by atoms with E-state index in [0.29, 0.717) is 12.6 Å². The molecule has 5 N–H and O–H groups in total. The highest BCUT2D eigenvalue weighted by atomic mass is 16.2. The molecule has 0 radical (unpaired) electrons. The van der Waals surface area contributed by atoms with Crippen molar-refractivity contribution < 1.29 is 9.59 Å². The summed E-state index contributed by atoms with van der Waals surface area (Å²) in [5.74, 6) is -0.149. The van der Waals surface area contributed by atoms with Crippen LogP contribution in [0.15, 0.2) is 0 Å². The predicted octanol–water partition coefficient (Wildman–Crippen LogP) is 0.411. The van der Waals surface area contributed by atoms with Gasteiger partial charge in [-0.1, -0.05) is 13.3 Å². The maximum Gasteiger partial charge on any atom is 0.312 e. The molecule has 0 aromatic rings. The molecule has 1 atom stereocenters. The van der Waals surface area contributed by atoms with Crippen LogP contribution < -0.4 is 16.8 Å². The zero-order valence-corrected chi connectivity index (χ0v) is 11.7. The molecular weight excluding hydrogens is 244 g/mol. The second kappa shape index (κ2) is 7.99. The number of amides is 3. The molecule has 6 heteroatoms. The van der Waals surface area contributed by atoms with E-state index in [4.69, 9.17) is 11.5 Å². The Labute approximate surface area is 114 Å². The zero-order chi connectivity index (χ0) is 14.3. The summed E-state index contributed by atoms with van der Waals surface area (Å²) >= 11 is 0. The third-order valence-corrected chi connectivity index (χ3v) is 3.85. The Balaban J connectivity index is 2.39. The van der Waals surface area contributed by atoms with Crippen LogP contribution in [-0.4, -0.2) is 42.5 Å². The normalized spacial score (nSPS) is 19.0. The van der Waals surface area contributed by atoms with E-state index in [1.807, 2.05) is 0 Å². The fraction of sp³-hybridized carbons (Fsp3) is 0.846. The van der Waals surface area contributed by atoms with Crippen LogP contribution in [0.4, 0.5) is 4.79 Å². The molecule has 0 aromatic heterocycles. The third kappa shape index (κ3) is 5.46. The summed E-state index contributed by atoms with van der Waals surface area (Å²) in [7, 11) is 0. The Morgan fingerprint density at radius 3 is 2.37 bits per heavy atom. The maximum absolute atomic E-state index is 11.1. The molecule has 1 saturated heterocycles. The Kier molecular flexibility index (Phi) is 6.62. The molecular formula is C13H26N4O2. The van der Waals surface area contributed by atoms with Gasteiger partial charge in [0.05, 0.1) is 0 Å². The first-order chi connectivity index (χ1) is 9.04. The van der Waals surface area contributed by atoms with Crippen molar-refractivity contribution in [1.82, 2.24) is 10.2 Å². The van der Waals surface area contributed by atoms with E-state index in [9.17, 15) is 9.59 Å². The highest BCUT2D eigenvalue weighted by Crippen LogP contribution is 2.21. The number of rotatable bonds is 7. The van der Waals surface area contributed by atoms with Gasteiger partial charge in [0, 0.05) is 18.5 Å². The Morgan fingerprint density at radius 2 is 1.89 bits per heavy atom. The number of nitrogens with one attached hydrogen (secondary N) is 1. The monoisotopic (exact) mass is 270 g/mol. The molecule has 1 aliphatic heterocycles. The lowest BCUT2D eigenvalue weighted by molar-refractivity contribution is -0.123. The van der Waals surface area contributed by atoms with Crippen molar-refractivity contribution in [2.45, 2.75) is 45.1 Å². The second-order valence-corrected chi connectivity index (χ2v) is 5.23. The number of urea groups is 1. The van der Waals surface area contributed by atoms with Crippen LogP contribution in [0.5, 0.6) is 0 Å². The SMILES string of the molecule is CCCC(CCNC(N)=O)N1CCC(C(N)=O)CC1. The van der Waals surface area contributed by atoms with Crippen LogP contribution in [0.25, 0.3) is 0 Å². The maximum atomic E-state index is 11.1. The lowest BCUT2D eigenvalue weighted by Crippen LogP contribution is -2.45. The van der Waals surface area contributed by atoms with Crippen molar-refractivity contribution in [1.29, 1.82) is 0 Å². The molecule has 0 aromatic carbocycles. The number of hydrogen-bond donors (Lipinski definition) is 3. The van der Waals surface area contributed by atoms with Gasteiger partial charge < -0.3 is 21.7 Å². The summed E-state index contributed by atoms with van der Waals surface area (Å²) in [5, 5.41) is 2.64. The first-order valence-corrected chi connectivity index (χ1v) is 7.11. The topological polar surface area (TPSA) is 101 Å². The number of nitrogens with zero attached hydrogens (tertiary/aromatic N) is 1.